The number of unbranched alkanes of at least 4 members (excludes halogenated alkanes) is 1. The number of nitrogens with zero attached hydrogens (tertiary/aromatic N) is 1. The quantitative estimate of drug-likeness (QED) is 0.772. The average Bonchev–Trinajstić information content (AvgIpc) is 2.61. The van der Waals surface area contributed by atoms with Gasteiger partial charge in [0.1, 0.15) is 0 Å². The predicted molar refractivity (Wildman–Crippen MR) is 67.5 cm³/mol. The van der Waals surface area contributed by atoms with Gasteiger partial charge in [0, 0.05) is 23.7 Å². The van der Waals surface area contributed by atoms with Gasteiger partial charge in [0.15, 0.2) is 0 Å². The Balaban J connectivity index is 2.10. The lowest BCUT2D eigenvalue weighted by atomic mass is 10.1. The Bertz CT molecular complexity index is 270. The van der Waals surface area contributed by atoms with Crippen LogP contribution in [0.15, 0.2) is 6.20 Å². The fraction of sp³-hybridized carbons (Fsp3) is 0.750. The van der Waals surface area contributed by atoms with E-state index < -0.39 is 0 Å². The molecule has 0 radical (unpaired) electrons. The van der Waals surface area contributed by atoms with Gasteiger partial charge < -0.3 is 5.32 Å². The molecule has 1 aromatic rings. The first-order valence-electron chi connectivity index (χ1n) is 5.87. The van der Waals surface area contributed by atoms with Gasteiger partial charge in [-0.3, -0.25) is 0 Å². The molecule has 1 heterocycles. The number of nitrogens with one attached hydrogen (secondary N) is 1. The van der Waals surface area contributed by atoms with Crippen molar-refractivity contribution < 1.29 is 0 Å². The van der Waals surface area contributed by atoms with Gasteiger partial charge in [0.25, 0.3) is 0 Å². The lowest BCUT2D eigenvalue weighted by molar-refractivity contribution is 0.499. The van der Waals surface area contributed by atoms with E-state index in [2.05, 4.69) is 31.1 Å². The van der Waals surface area contributed by atoms with E-state index in [-0.39, 0.29) is 0 Å². The molecule has 0 saturated carbocycles. The second-order valence-corrected chi connectivity index (χ2v) is 5.41. The van der Waals surface area contributed by atoms with Gasteiger partial charge in [-0.2, -0.15) is 0 Å². The summed E-state index contributed by atoms with van der Waals surface area (Å²) >= 11 is 1.81. The maximum Gasteiger partial charge on any atom is 0.0896 e. The van der Waals surface area contributed by atoms with E-state index in [9.17, 15) is 0 Å². The van der Waals surface area contributed by atoms with Gasteiger partial charge in [-0.15, -0.1) is 11.3 Å². The number of aryl methyl sites for hydroxylation is 1. The Morgan fingerprint density at radius 2 is 2.33 bits per heavy atom. The lowest BCUT2D eigenvalue weighted by Crippen LogP contribution is -2.27. The summed E-state index contributed by atoms with van der Waals surface area (Å²) in [4.78, 5) is 5.65. The summed E-state index contributed by atoms with van der Waals surface area (Å²) in [5.74, 6) is 0. The standard InChI is InChI=1S/C12H22N2S/c1-4-5-6-10(2)13-8-7-12-9-14-11(3)15-12/h9-10,13H,4-8H2,1-3H3. The number of hydrogen-bond acceptors (Lipinski definition) is 3. The van der Waals surface area contributed by atoms with Crippen LogP contribution >= 0.6 is 11.3 Å². The first kappa shape index (κ1) is 12.7. The van der Waals surface area contributed by atoms with Crippen molar-refractivity contribution in [1.29, 1.82) is 0 Å². The molecule has 3 heteroatoms. The molecule has 1 N–H and O–H groups in total. The minimum absolute atomic E-state index is 0.652. The van der Waals surface area contributed by atoms with Crippen molar-refractivity contribution in [2.45, 2.75) is 52.5 Å². The van der Waals surface area contributed by atoms with Gasteiger partial charge in [-0.1, -0.05) is 19.8 Å². The Labute approximate surface area is 97.1 Å². The molecule has 86 valence electrons. The Hall–Kier alpha value is -0.410. The average molecular weight is 226 g/mol. The van der Waals surface area contributed by atoms with Crippen LogP contribution in [0.25, 0.3) is 0 Å². The van der Waals surface area contributed by atoms with Crippen molar-refractivity contribution in [3.05, 3.63) is 16.1 Å². The zero-order valence-corrected chi connectivity index (χ0v) is 10.9. The number of rotatable bonds is 7. The van der Waals surface area contributed by atoms with E-state index in [1.807, 2.05) is 6.20 Å². The summed E-state index contributed by atoms with van der Waals surface area (Å²) in [6, 6.07) is 0.652. The van der Waals surface area contributed by atoms with Crippen LogP contribution in [-0.4, -0.2) is 17.6 Å². The molecule has 0 saturated heterocycles. The van der Waals surface area contributed by atoms with E-state index in [1.54, 1.807) is 11.3 Å². The van der Waals surface area contributed by atoms with Crippen molar-refractivity contribution in [2.24, 2.45) is 0 Å². The highest BCUT2D eigenvalue weighted by atomic mass is 32.1. The van der Waals surface area contributed by atoms with E-state index >= 15 is 0 Å². The van der Waals surface area contributed by atoms with Crippen molar-refractivity contribution in [3.63, 3.8) is 0 Å². The summed E-state index contributed by atoms with van der Waals surface area (Å²) in [5.41, 5.74) is 0. The Morgan fingerprint density at radius 1 is 1.53 bits per heavy atom. The highest BCUT2D eigenvalue weighted by Gasteiger charge is 2.01. The minimum atomic E-state index is 0.652. The maximum absolute atomic E-state index is 4.25. The van der Waals surface area contributed by atoms with E-state index in [0.29, 0.717) is 6.04 Å². The highest BCUT2D eigenvalue weighted by molar-refractivity contribution is 7.11. The second-order valence-electron chi connectivity index (χ2n) is 4.09. The minimum Gasteiger partial charge on any atom is -0.314 e. The molecule has 0 amide bonds. The summed E-state index contributed by atoms with van der Waals surface area (Å²) in [5, 5.41) is 4.72. The van der Waals surface area contributed by atoms with E-state index in [0.717, 1.165) is 13.0 Å². The van der Waals surface area contributed by atoms with Gasteiger partial charge in [0.2, 0.25) is 0 Å². The van der Waals surface area contributed by atoms with Crippen LogP contribution < -0.4 is 5.32 Å². The monoisotopic (exact) mass is 226 g/mol. The van der Waals surface area contributed by atoms with Crippen LogP contribution in [0.2, 0.25) is 0 Å². The van der Waals surface area contributed by atoms with Crippen LogP contribution in [-0.2, 0) is 6.42 Å². The van der Waals surface area contributed by atoms with Crippen LogP contribution in [0.5, 0.6) is 0 Å². The van der Waals surface area contributed by atoms with E-state index in [4.69, 9.17) is 0 Å². The molecule has 2 nitrogen and oxygen atoms in total. The molecule has 15 heavy (non-hydrogen) atoms. The lowest BCUT2D eigenvalue weighted by Gasteiger charge is -2.12. The molecule has 0 aliphatic rings. The molecule has 1 rings (SSSR count). The van der Waals surface area contributed by atoms with Crippen LogP contribution in [0.1, 0.15) is 43.0 Å². The topological polar surface area (TPSA) is 24.9 Å². The smallest absolute Gasteiger partial charge is 0.0896 e. The van der Waals surface area contributed by atoms with Crippen LogP contribution in [0, 0.1) is 6.92 Å². The number of thiazole rings is 1. The number of hydrogen-bond donors (Lipinski definition) is 1. The number of aromatic nitrogens is 1. The third kappa shape index (κ3) is 5.28. The molecule has 0 spiro atoms. The van der Waals surface area contributed by atoms with Crippen LogP contribution in [0.3, 0.4) is 0 Å². The molecule has 0 aliphatic carbocycles. The van der Waals surface area contributed by atoms with Gasteiger partial charge in [-0.25, -0.2) is 4.98 Å². The Kier molecular flexibility index (Phi) is 5.88. The highest BCUT2D eigenvalue weighted by Crippen LogP contribution is 2.11. The van der Waals surface area contributed by atoms with E-state index in [1.165, 1.54) is 29.1 Å². The van der Waals surface area contributed by atoms with Crippen molar-refractivity contribution in [1.82, 2.24) is 10.3 Å². The molecule has 1 aromatic heterocycles. The zero-order chi connectivity index (χ0) is 11.1. The molecule has 0 fully saturated rings. The summed E-state index contributed by atoms with van der Waals surface area (Å²) in [6.07, 6.45) is 7.02. The van der Waals surface area contributed by atoms with Crippen molar-refractivity contribution in [3.8, 4) is 0 Å². The molecule has 0 aliphatic heterocycles. The van der Waals surface area contributed by atoms with Crippen molar-refractivity contribution in [2.75, 3.05) is 6.54 Å². The SMILES string of the molecule is CCCCC(C)NCCc1cnc(C)s1. The molecule has 1 unspecified atom stereocenters. The first-order valence-corrected chi connectivity index (χ1v) is 6.68. The van der Waals surface area contributed by atoms with Crippen molar-refractivity contribution >= 4 is 11.3 Å². The van der Waals surface area contributed by atoms with Crippen LogP contribution in [0.4, 0.5) is 0 Å². The van der Waals surface area contributed by atoms with Gasteiger partial charge in [-0.05, 0) is 26.7 Å². The fourth-order valence-electron chi connectivity index (χ4n) is 1.58. The first-order chi connectivity index (χ1) is 7.22. The maximum atomic E-state index is 4.25. The molecule has 0 aromatic carbocycles. The summed E-state index contributed by atoms with van der Waals surface area (Å²) in [6.45, 7) is 7.65. The summed E-state index contributed by atoms with van der Waals surface area (Å²) in [7, 11) is 0. The normalized spacial score (nSPS) is 13.0. The Morgan fingerprint density at radius 3 is 2.93 bits per heavy atom. The van der Waals surface area contributed by atoms with Gasteiger partial charge in [0.05, 0.1) is 5.01 Å². The molecular weight excluding hydrogens is 204 g/mol. The fourth-order valence-corrected chi connectivity index (χ4v) is 2.37. The molecule has 1 atom stereocenters. The second kappa shape index (κ2) is 6.96. The summed E-state index contributed by atoms with van der Waals surface area (Å²) < 4.78 is 0. The largest absolute Gasteiger partial charge is 0.314 e. The molecular formula is C12H22N2S. The third-order valence-corrected chi connectivity index (χ3v) is 3.50. The van der Waals surface area contributed by atoms with Gasteiger partial charge >= 0.3 is 0 Å². The zero-order valence-electron chi connectivity index (χ0n) is 10.0. The predicted octanol–water partition coefficient (Wildman–Crippen LogP) is 3.16. The molecule has 0 bridgehead atoms. The third-order valence-electron chi connectivity index (χ3n) is 2.52.